The highest BCUT2D eigenvalue weighted by Gasteiger charge is 2.45. The number of imidazole rings is 1. The highest BCUT2D eigenvalue weighted by Crippen LogP contribution is 2.38. The minimum Gasteiger partial charge on any atom is -0.387 e. The first-order chi connectivity index (χ1) is 13.2. The molecule has 4 atom stereocenters. The van der Waals surface area contributed by atoms with Crippen LogP contribution in [-0.4, -0.2) is 70.3 Å². The number of ether oxygens (including phenoxy) is 1. The Kier molecular flexibility index (Phi) is 5.86. The summed E-state index contributed by atoms with van der Waals surface area (Å²) >= 11 is 0. The molecule has 3 rings (SSSR count). The maximum atomic E-state index is 11.6. The molecular formula is C14H18N5O8P. The van der Waals surface area contributed by atoms with Crippen molar-refractivity contribution >= 4 is 30.8 Å². The summed E-state index contributed by atoms with van der Waals surface area (Å²) in [5.41, 5.74) is 0.544. The highest BCUT2D eigenvalue weighted by atomic mass is 31.2. The van der Waals surface area contributed by atoms with Crippen LogP contribution in [0.2, 0.25) is 0 Å². The van der Waals surface area contributed by atoms with Gasteiger partial charge in [0.1, 0.15) is 23.8 Å². The molecule has 1 saturated heterocycles. The Morgan fingerprint density at radius 3 is 2.82 bits per heavy atom. The molecule has 0 unspecified atom stereocenters. The van der Waals surface area contributed by atoms with E-state index < -0.39 is 44.9 Å². The molecule has 0 aromatic carbocycles. The van der Waals surface area contributed by atoms with Crippen molar-refractivity contribution in [1.82, 2.24) is 19.5 Å². The molecule has 0 aliphatic carbocycles. The lowest BCUT2D eigenvalue weighted by molar-refractivity contribution is -0.112. The number of allylic oxidation sites excluding steroid dienone is 1. The number of nitrogens with one attached hydrogen (secondary N) is 1. The number of phosphoric acid groups is 1. The van der Waals surface area contributed by atoms with Crippen LogP contribution in [0, 0.1) is 0 Å². The molecule has 2 aromatic heterocycles. The SMILES string of the molecule is C/C=C/C(=O)Nc1ncc2ncn([C@@H]3O[C@H](COP(=O)(O)O)[C@@H](O)[C@H]3O)c2n1. The molecule has 0 saturated carbocycles. The van der Waals surface area contributed by atoms with Crippen LogP contribution in [0.5, 0.6) is 0 Å². The third kappa shape index (κ3) is 4.42. The molecule has 1 amide bonds. The lowest BCUT2D eigenvalue weighted by atomic mass is 10.1. The highest BCUT2D eigenvalue weighted by molar-refractivity contribution is 7.46. The number of carbonyl (C=O) groups is 1. The van der Waals surface area contributed by atoms with Crippen LogP contribution in [-0.2, 0) is 18.6 Å². The van der Waals surface area contributed by atoms with E-state index in [1.54, 1.807) is 13.0 Å². The Hall–Kier alpha value is -2.25. The maximum absolute atomic E-state index is 11.6. The van der Waals surface area contributed by atoms with Gasteiger partial charge in [-0.3, -0.25) is 19.2 Å². The van der Waals surface area contributed by atoms with Gasteiger partial charge >= 0.3 is 7.82 Å². The van der Waals surface area contributed by atoms with Gasteiger partial charge in [-0.1, -0.05) is 6.08 Å². The van der Waals surface area contributed by atoms with E-state index in [2.05, 4.69) is 24.8 Å². The van der Waals surface area contributed by atoms with E-state index in [4.69, 9.17) is 14.5 Å². The second kappa shape index (κ2) is 8.01. The number of aromatic nitrogens is 4. The van der Waals surface area contributed by atoms with E-state index in [1.807, 2.05) is 0 Å². The minimum absolute atomic E-state index is 0.00762. The lowest BCUT2D eigenvalue weighted by Gasteiger charge is -2.16. The number of anilines is 1. The van der Waals surface area contributed by atoms with E-state index >= 15 is 0 Å². The largest absolute Gasteiger partial charge is 0.469 e. The Labute approximate surface area is 157 Å². The molecule has 2 aromatic rings. The van der Waals surface area contributed by atoms with Gasteiger partial charge in [-0.25, -0.2) is 14.5 Å². The fourth-order valence-electron chi connectivity index (χ4n) is 2.64. The summed E-state index contributed by atoms with van der Waals surface area (Å²) in [6.07, 6.45) is 0.224. The van der Waals surface area contributed by atoms with Gasteiger partial charge in [-0.05, 0) is 13.0 Å². The van der Waals surface area contributed by atoms with Crippen LogP contribution in [0.25, 0.3) is 11.2 Å². The van der Waals surface area contributed by atoms with Gasteiger partial charge in [-0.2, -0.15) is 4.98 Å². The molecule has 152 valence electrons. The zero-order valence-electron chi connectivity index (χ0n) is 14.5. The van der Waals surface area contributed by atoms with Crippen LogP contribution in [0.15, 0.2) is 24.7 Å². The van der Waals surface area contributed by atoms with Crippen molar-refractivity contribution in [3.8, 4) is 0 Å². The van der Waals surface area contributed by atoms with Crippen molar-refractivity contribution in [3.63, 3.8) is 0 Å². The summed E-state index contributed by atoms with van der Waals surface area (Å²) in [4.78, 5) is 41.4. The zero-order chi connectivity index (χ0) is 20.5. The zero-order valence-corrected chi connectivity index (χ0v) is 15.4. The Morgan fingerprint density at radius 2 is 2.14 bits per heavy atom. The molecule has 0 radical (unpaired) electrons. The van der Waals surface area contributed by atoms with Crippen LogP contribution in [0.4, 0.5) is 5.95 Å². The molecule has 14 heteroatoms. The monoisotopic (exact) mass is 415 g/mol. The summed E-state index contributed by atoms with van der Waals surface area (Å²) in [7, 11) is -4.77. The fourth-order valence-corrected chi connectivity index (χ4v) is 2.98. The quantitative estimate of drug-likeness (QED) is 0.289. The van der Waals surface area contributed by atoms with E-state index in [0.29, 0.717) is 5.52 Å². The molecule has 28 heavy (non-hydrogen) atoms. The Morgan fingerprint density at radius 1 is 1.39 bits per heavy atom. The van der Waals surface area contributed by atoms with Crippen molar-refractivity contribution in [2.24, 2.45) is 0 Å². The second-order valence-corrected chi connectivity index (χ2v) is 7.12. The number of nitrogens with zero attached hydrogens (tertiary/aromatic N) is 4. The van der Waals surface area contributed by atoms with Gasteiger partial charge in [0, 0.05) is 0 Å². The summed E-state index contributed by atoms with van der Waals surface area (Å²) in [6, 6.07) is 0. The number of amides is 1. The van der Waals surface area contributed by atoms with Crippen molar-refractivity contribution < 1.29 is 38.6 Å². The van der Waals surface area contributed by atoms with E-state index in [1.165, 1.54) is 23.2 Å². The predicted octanol–water partition coefficient (Wildman–Crippen LogP) is -0.931. The Bertz CT molecular complexity index is 943. The average molecular weight is 415 g/mol. The Balaban J connectivity index is 1.84. The van der Waals surface area contributed by atoms with E-state index in [-0.39, 0.29) is 11.6 Å². The number of fused-ring (bicyclic) bond motifs is 1. The minimum atomic E-state index is -4.77. The van der Waals surface area contributed by atoms with Crippen molar-refractivity contribution in [1.29, 1.82) is 0 Å². The fraction of sp³-hybridized carbons (Fsp3) is 0.429. The van der Waals surface area contributed by atoms with Crippen LogP contribution >= 0.6 is 7.82 Å². The normalized spacial score (nSPS) is 25.6. The standard InChI is InChI=1S/C14H18N5O8P/c1-2-3-9(20)17-14-15-4-7-12(18-14)19(6-16-7)13-11(22)10(21)8(27-13)5-26-28(23,24)25/h2-4,6,8,10-11,13,21-22H,5H2,1H3,(H2,23,24,25)(H,15,17,18,20)/b3-2+/t8-,10-,11-,13-/m1/s1. The molecule has 0 spiro atoms. The van der Waals surface area contributed by atoms with Gasteiger partial charge in [0.15, 0.2) is 11.9 Å². The average Bonchev–Trinajstić information content (AvgIpc) is 3.14. The number of rotatable bonds is 6. The number of hydrogen-bond acceptors (Lipinski definition) is 9. The number of aliphatic hydroxyl groups is 2. The molecule has 1 aliphatic heterocycles. The van der Waals surface area contributed by atoms with E-state index in [0.717, 1.165) is 0 Å². The first-order valence-corrected chi connectivity index (χ1v) is 9.57. The van der Waals surface area contributed by atoms with Crippen molar-refractivity contribution in [2.75, 3.05) is 11.9 Å². The van der Waals surface area contributed by atoms with Crippen molar-refractivity contribution in [3.05, 3.63) is 24.7 Å². The van der Waals surface area contributed by atoms with Crippen molar-refractivity contribution in [2.45, 2.75) is 31.5 Å². The topological polar surface area (TPSA) is 189 Å². The van der Waals surface area contributed by atoms with Gasteiger partial charge < -0.3 is 24.7 Å². The predicted molar refractivity (Wildman–Crippen MR) is 92.7 cm³/mol. The van der Waals surface area contributed by atoms with Gasteiger partial charge in [0.2, 0.25) is 11.9 Å². The summed E-state index contributed by atoms with van der Waals surface area (Å²) in [6.45, 7) is 1.04. The van der Waals surface area contributed by atoms with Gasteiger partial charge in [-0.15, -0.1) is 0 Å². The molecular weight excluding hydrogens is 397 g/mol. The molecule has 5 N–H and O–H groups in total. The smallest absolute Gasteiger partial charge is 0.387 e. The molecule has 1 fully saturated rings. The van der Waals surface area contributed by atoms with E-state index in [9.17, 15) is 19.6 Å². The van der Waals surface area contributed by atoms with Crippen LogP contribution in [0.1, 0.15) is 13.2 Å². The summed E-state index contributed by atoms with van der Waals surface area (Å²) in [5.74, 6) is -0.443. The molecule has 1 aliphatic rings. The van der Waals surface area contributed by atoms with Crippen LogP contribution in [0.3, 0.4) is 0 Å². The number of aliphatic hydroxyl groups excluding tert-OH is 2. The van der Waals surface area contributed by atoms with Crippen LogP contribution < -0.4 is 5.32 Å². The molecule has 3 heterocycles. The number of carbonyl (C=O) groups excluding carboxylic acids is 1. The first-order valence-electron chi connectivity index (χ1n) is 8.04. The molecule has 0 bridgehead atoms. The summed E-state index contributed by atoms with van der Waals surface area (Å²) in [5, 5.41) is 22.8. The maximum Gasteiger partial charge on any atom is 0.469 e. The van der Waals surface area contributed by atoms with Gasteiger partial charge in [0.05, 0.1) is 19.1 Å². The first kappa shape index (κ1) is 20.5. The molecule has 13 nitrogen and oxygen atoms in total. The second-order valence-electron chi connectivity index (χ2n) is 5.88. The number of hydrogen-bond donors (Lipinski definition) is 5. The number of phosphoric ester groups is 1. The van der Waals surface area contributed by atoms with Gasteiger partial charge in [0.25, 0.3) is 0 Å². The third-order valence-electron chi connectivity index (χ3n) is 3.89. The third-order valence-corrected chi connectivity index (χ3v) is 4.37. The summed E-state index contributed by atoms with van der Waals surface area (Å²) < 4.78 is 22.0. The lowest BCUT2D eigenvalue weighted by Crippen LogP contribution is -2.33.